The molecule has 2 atom stereocenters. The van der Waals surface area contributed by atoms with Gasteiger partial charge < -0.3 is 15.0 Å². The zero-order valence-electron chi connectivity index (χ0n) is 20.1. The molecular formula is C28H29ClN2O3S. The van der Waals surface area contributed by atoms with Gasteiger partial charge in [0.2, 0.25) is 5.91 Å². The van der Waals surface area contributed by atoms with Crippen LogP contribution in [-0.2, 0) is 11.3 Å². The first kappa shape index (κ1) is 25.1. The largest absolute Gasteiger partial charge is 0.496 e. The van der Waals surface area contributed by atoms with Crippen molar-refractivity contribution < 1.29 is 14.3 Å². The summed E-state index contributed by atoms with van der Waals surface area (Å²) in [4.78, 5) is 27.4. The lowest BCUT2D eigenvalue weighted by Gasteiger charge is -2.24. The van der Waals surface area contributed by atoms with Gasteiger partial charge in [-0.3, -0.25) is 9.59 Å². The van der Waals surface area contributed by atoms with Crippen LogP contribution >= 0.6 is 23.4 Å². The molecule has 0 aromatic heterocycles. The van der Waals surface area contributed by atoms with Crippen LogP contribution in [0.25, 0.3) is 0 Å². The molecule has 0 radical (unpaired) electrons. The van der Waals surface area contributed by atoms with Gasteiger partial charge in [-0.15, -0.1) is 11.8 Å². The summed E-state index contributed by atoms with van der Waals surface area (Å²) >= 11 is 7.60. The van der Waals surface area contributed by atoms with Crippen LogP contribution < -0.4 is 10.1 Å². The number of amides is 2. The molecule has 7 heteroatoms. The van der Waals surface area contributed by atoms with Gasteiger partial charge >= 0.3 is 0 Å². The predicted molar refractivity (Wildman–Crippen MR) is 142 cm³/mol. The fourth-order valence-electron chi connectivity index (χ4n) is 4.27. The van der Waals surface area contributed by atoms with Gasteiger partial charge in [-0.2, -0.15) is 0 Å². The van der Waals surface area contributed by atoms with E-state index in [1.807, 2.05) is 72.5 Å². The van der Waals surface area contributed by atoms with Gasteiger partial charge in [0, 0.05) is 17.1 Å². The monoisotopic (exact) mass is 508 g/mol. The fourth-order valence-corrected chi connectivity index (χ4v) is 5.58. The lowest BCUT2D eigenvalue weighted by Crippen LogP contribution is -2.29. The van der Waals surface area contributed by atoms with Crippen LogP contribution in [0, 0.1) is 6.92 Å². The minimum Gasteiger partial charge on any atom is -0.496 e. The molecule has 3 aromatic carbocycles. The van der Waals surface area contributed by atoms with E-state index in [4.69, 9.17) is 16.3 Å². The zero-order valence-corrected chi connectivity index (χ0v) is 21.7. The van der Waals surface area contributed by atoms with E-state index in [1.54, 1.807) is 18.9 Å². The van der Waals surface area contributed by atoms with E-state index in [2.05, 4.69) is 18.3 Å². The smallest absolute Gasteiger partial charge is 0.251 e. The van der Waals surface area contributed by atoms with Crippen LogP contribution in [0.15, 0.2) is 66.7 Å². The van der Waals surface area contributed by atoms with Crippen LogP contribution in [-0.4, -0.2) is 29.6 Å². The standard InChI is InChI=1S/C28H29ClN2O3S/c1-4-24(22-11-14-25(34-3)18(2)15-22)30-27(33)20-7-9-21(10-8-20)28-31(26(32)17-35-28)16-19-5-12-23(29)13-6-19/h5-15,24,28H,4,16-17H2,1-3H3,(H,30,33)/t24-,28-/m0/s1. The van der Waals surface area contributed by atoms with Gasteiger partial charge in [0.1, 0.15) is 11.1 Å². The Bertz CT molecular complexity index is 1200. The number of hydrogen-bond donors (Lipinski definition) is 1. The number of carbonyl (C=O) groups excluding carboxylic acids is 2. The van der Waals surface area contributed by atoms with E-state index in [0.717, 1.165) is 34.4 Å². The summed E-state index contributed by atoms with van der Waals surface area (Å²) in [7, 11) is 1.65. The summed E-state index contributed by atoms with van der Waals surface area (Å²) in [5.41, 5.74) is 4.72. The van der Waals surface area contributed by atoms with E-state index in [1.165, 1.54) is 0 Å². The average molecular weight is 509 g/mol. The van der Waals surface area contributed by atoms with Crippen molar-refractivity contribution in [3.8, 4) is 5.75 Å². The highest BCUT2D eigenvalue weighted by atomic mass is 35.5. The van der Waals surface area contributed by atoms with Crippen molar-refractivity contribution in [3.05, 3.63) is 99.6 Å². The highest BCUT2D eigenvalue weighted by molar-refractivity contribution is 8.00. The number of ether oxygens (including phenoxy) is 1. The van der Waals surface area contributed by atoms with Crippen LogP contribution in [0.1, 0.15) is 57.4 Å². The van der Waals surface area contributed by atoms with Gasteiger partial charge in [0.15, 0.2) is 0 Å². The van der Waals surface area contributed by atoms with Crippen molar-refractivity contribution in [1.29, 1.82) is 0 Å². The molecule has 1 aliphatic rings. The Kier molecular flexibility index (Phi) is 8.04. The van der Waals surface area contributed by atoms with Crippen molar-refractivity contribution >= 4 is 35.2 Å². The summed E-state index contributed by atoms with van der Waals surface area (Å²) < 4.78 is 5.35. The maximum atomic E-state index is 13.0. The molecule has 182 valence electrons. The van der Waals surface area contributed by atoms with E-state index in [-0.39, 0.29) is 23.2 Å². The van der Waals surface area contributed by atoms with Crippen molar-refractivity contribution in [1.82, 2.24) is 10.2 Å². The predicted octanol–water partition coefficient (Wildman–Crippen LogP) is 6.31. The third kappa shape index (κ3) is 5.82. The van der Waals surface area contributed by atoms with Crippen molar-refractivity contribution in [2.75, 3.05) is 12.9 Å². The fraction of sp³-hybridized carbons (Fsp3) is 0.286. The Morgan fingerprint density at radius 1 is 1.14 bits per heavy atom. The SMILES string of the molecule is CC[C@H](NC(=O)c1ccc([C@@H]2SCC(=O)N2Cc2ccc(Cl)cc2)cc1)c1ccc(OC)c(C)c1. The molecule has 1 aliphatic heterocycles. The second-order valence-electron chi connectivity index (χ2n) is 8.60. The normalized spacial score (nSPS) is 16.3. The third-order valence-corrected chi connectivity index (χ3v) is 7.74. The van der Waals surface area contributed by atoms with E-state index in [0.29, 0.717) is 22.9 Å². The number of nitrogens with zero attached hydrogens (tertiary/aromatic N) is 1. The Hall–Kier alpha value is -2.96. The highest BCUT2D eigenvalue weighted by Crippen LogP contribution is 2.39. The molecule has 5 nitrogen and oxygen atoms in total. The molecule has 0 unspecified atom stereocenters. The summed E-state index contributed by atoms with van der Waals surface area (Å²) in [6.07, 6.45) is 0.774. The molecule has 35 heavy (non-hydrogen) atoms. The highest BCUT2D eigenvalue weighted by Gasteiger charge is 2.32. The molecule has 3 aromatic rings. The Morgan fingerprint density at radius 3 is 2.49 bits per heavy atom. The number of aryl methyl sites for hydroxylation is 1. The number of halogens is 1. The number of rotatable bonds is 8. The van der Waals surface area contributed by atoms with E-state index >= 15 is 0 Å². The molecule has 1 fully saturated rings. The van der Waals surface area contributed by atoms with Crippen molar-refractivity contribution in [3.63, 3.8) is 0 Å². The number of hydrogen-bond acceptors (Lipinski definition) is 4. The minimum absolute atomic E-state index is 0.0825. The van der Waals surface area contributed by atoms with E-state index < -0.39 is 0 Å². The summed E-state index contributed by atoms with van der Waals surface area (Å²) in [6, 6.07) is 21.0. The van der Waals surface area contributed by atoms with Gasteiger partial charge in [0.25, 0.3) is 5.91 Å². The second-order valence-corrected chi connectivity index (χ2v) is 10.1. The van der Waals surface area contributed by atoms with Crippen LogP contribution in [0.4, 0.5) is 0 Å². The Labute approximate surface area is 215 Å². The van der Waals surface area contributed by atoms with Gasteiger partial charge in [-0.05, 0) is 65.9 Å². The molecule has 4 rings (SSSR count). The molecule has 1 saturated heterocycles. The third-order valence-electron chi connectivity index (χ3n) is 6.23. The molecule has 1 heterocycles. The van der Waals surface area contributed by atoms with Gasteiger partial charge in [-0.25, -0.2) is 0 Å². The number of carbonyl (C=O) groups is 2. The first-order chi connectivity index (χ1) is 16.9. The number of nitrogens with one attached hydrogen (secondary N) is 1. The first-order valence-corrected chi connectivity index (χ1v) is 13.0. The summed E-state index contributed by atoms with van der Waals surface area (Å²) in [5, 5.41) is 3.74. The molecule has 0 saturated carbocycles. The molecule has 1 N–H and O–H groups in total. The lowest BCUT2D eigenvalue weighted by atomic mass is 10.0. The topological polar surface area (TPSA) is 58.6 Å². The quantitative estimate of drug-likeness (QED) is 0.387. The number of methoxy groups -OCH3 is 1. The second kappa shape index (κ2) is 11.2. The molecule has 0 bridgehead atoms. The summed E-state index contributed by atoms with van der Waals surface area (Å²) in [6.45, 7) is 4.57. The number of thioether (sulfide) groups is 1. The van der Waals surface area contributed by atoms with Crippen LogP contribution in [0.5, 0.6) is 5.75 Å². The zero-order chi connectivity index (χ0) is 24.9. The van der Waals surface area contributed by atoms with Gasteiger partial charge in [0.05, 0.1) is 18.9 Å². The lowest BCUT2D eigenvalue weighted by molar-refractivity contribution is -0.128. The van der Waals surface area contributed by atoms with Gasteiger partial charge in [-0.1, -0.05) is 54.9 Å². The maximum Gasteiger partial charge on any atom is 0.251 e. The van der Waals surface area contributed by atoms with Crippen LogP contribution in [0.2, 0.25) is 5.02 Å². The summed E-state index contributed by atoms with van der Waals surface area (Å²) in [5.74, 6) is 1.27. The average Bonchev–Trinajstić information content (AvgIpc) is 3.23. The molecule has 2 amide bonds. The molecule has 0 spiro atoms. The Balaban J connectivity index is 1.45. The van der Waals surface area contributed by atoms with E-state index in [9.17, 15) is 9.59 Å². The Morgan fingerprint density at radius 2 is 1.86 bits per heavy atom. The van der Waals surface area contributed by atoms with Crippen molar-refractivity contribution in [2.24, 2.45) is 0 Å². The first-order valence-electron chi connectivity index (χ1n) is 11.6. The minimum atomic E-state index is -0.120. The molecule has 0 aliphatic carbocycles. The number of benzene rings is 3. The van der Waals surface area contributed by atoms with Crippen molar-refractivity contribution in [2.45, 2.75) is 38.2 Å². The maximum absolute atomic E-state index is 13.0. The molecular weight excluding hydrogens is 480 g/mol. The van der Waals surface area contributed by atoms with Crippen LogP contribution in [0.3, 0.4) is 0 Å².